The number of rotatable bonds is 5. The summed E-state index contributed by atoms with van der Waals surface area (Å²) >= 11 is 1.41. The molecule has 27 heavy (non-hydrogen) atoms. The molecule has 1 unspecified atom stereocenters. The standard InChI is InChI=1S/C19H22N4O3S/c24-17-11-14(18(25)20-15-6-8-26-9-7-15)12-23(17)19-22-21-16(27-19)10-13-4-2-1-3-5-13/h1-5,14-15H,6-12H2,(H,20,25). The van der Waals surface area contributed by atoms with Crippen molar-refractivity contribution in [2.45, 2.75) is 31.7 Å². The average molecular weight is 386 g/mol. The summed E-state index contributed by atoms with van der Waals surface area (Å²) in [6.45, 7) is 1.72. The summed E-state index contributed by atoms with van der Waals surface area (Å²) in [6.07, 6.45) is 2.57. The predicted molar refractivity (Wildman–Crippen MR) is 102 cm³/mol. The Kier molecular flexibility index (Phi) is 5.45. The molecule has 3 heterocycles. The van der Waals surface area contributed by atoms with E-state index in [1.165, 1.54) is 11.3 Å². The predicted octanol–water partition coefficient (Wildman–Crippen LogP) is 1.78. The Hall–Kier alpha value is -2.32. The largest absolute Gasteiger partial charge is 0.381 e. The number of ether oxygens (including phenoxy) is 1. The first-order valence-corrected chi connectivity index (χ1v) is 10.1. The number of nitrogens with one attached hydrogen (secondary N) is 1. The van der Waals surface area contributed by atoms with Crippen LogP contribution in [0.2, 0.25) is 0 Å². The molecule has 2 amide bonds. The van der Waals surface area contributed by atoms with Crippen LogP contribution in [0.25, 0.3) is 0 Å². The first-order chi connectivity index (χ1) is 13.2. The zero-order valence-corrected chi connectivity index (χ0v) is 15.8. The van der Waals surface area contributed by atoms with E-state index >= 15 is 0 Å². The second kappa shape index (κ2) is 8.14. The number of anilines is 1. The molecule has 1 aromatic carbocycles. The van der Waals surface area contributed by atoms with Gasteiger partial charge in [0, 0.05) is 38.6 Å². The molecule has 7 nitrogen and oxygen atoms in total. The SMILES string of the molecule is O=C(NC1CCOCC1)C1CC(=O)N(c2nnc(Cc3ccccc3)s2)C1. The molecular weight excluding hydrogens is 364 g/mol. The Balaban J connectivity index is 1.37. The fourth-order valence-corrected chi connectivity index (χ4v) is 4.32. The lowest BCUT2D eigenvalue weighted by atomic mass is 10.0. The molecule has 1 aromatic heterocycles. The van der Waals surface area contributed by atoms with Gasteiger partial charge >= 0.3 is 0 Å². The molecule has 0 aliphatic carbocycles. The minimum absolute atomic E-state index is 0.0493. The van der Waals surface area contributed by atoms with Crippen LogP contribution in [0.5, 0.6) is 0 Å². The van der Waals surface area contributed by atoms with Gasteiger partial charge in [0.1, 0.15) is 5.01 Å². The van der Waals surface area contributed by atoms with Crippen LogP contribution in [-0.2, 0) is 20.7 Å². The Bertz CT molecular complexity index is 804. The van der Waals surface area contributed by atoms with E-state index < -0.39 is 0 Å². The van der Waals surface area contributed by atoms with Gasteiger partial charge in [-0.15, -0.1) is 10.2 Å². The summed E-state index contributed by atoms with van der Waals surface area (Å²) in [4.78, 5) is 26.5. The summed E-state index contributed by atoms with van der Waals surface area (Å²) in [5.41, 5.74) is 1.15. The summed E-state index contributed by atoms with van der Waals surface area (Å²) in [5.74, 6) is -0.446. The van der Waals surface area contributed by atoms with Crippen molar-refractivity contribution in [3.63, 3.8) is 0 Å². The van der Waals surface area contributed by atoms with Crippen LogP contribution >= 0.6 is 11.3 Å². The van der Waals surface area contributed by atoms with Crippen LogP contribution in [0.1, 0.15) is 29.8 Å². The molecule has 0 spiro atoms. The van der Waals surface area contributed by atoms with Crippen molar-refractivity contribution in [1.29, 1.82) is 0 Å². The molecule has 4 rings (SSSR count). The Labute approximate surface area is 161 Å². The number of carbonyl (C=O) groups excluding carboxylic acids is 2. The average Bonchev–Trinajstić information content (AvgIpc) is 3.30. The van der Waals surface area contributed by atoms with Crippen molar-refractivity contribution >= 4 is 28.3 Å². The zero-order chi connectivity index (χ0) is 18.6. The maximum Gasteiger partial charge on any atom is 0.229 e. The number of hydrogen-bond acceptors (Lipinski definition) is 6. The van der Waals surface area contributed by atoms with Crippen molar-refractivity contribution in [3.8, 4) is 0 Å². The Morgan fingerprint density at radius 1 is 1.22 bits per heavy atom. The van der Waals surface area contributed by atoms with Crippen molar-refractivity contribution in [2.24, 2.45) is 5.92 Å². The van der Waals surface area contributed by atoms with Gasteiger partial charge in [-0.05, 0) is 18.4 Å². The number of nitrogens with zero attached hydrogens (tertiary/aromatic N) is 3. The molecule has 1 atom stereocenters. The van der Waals surface area contributed by atoms with E-state index in [9.17, 15) is 9.59 Å². The number of aromatic nitrogens is 2. The van der Waals surface area contributed by atoms with E-state index in [0.717, 1.165) is 23.4 Å². The molecule has 2 aromatic rings. The lowest BCUT2D eigenvalue weighted by Gasteiger charge is -2.24. The van der Waals surface area contributed by atoms with Crippen LogP contribution in [0.4, 0.5) is 5.13 Å². The first kappa shape index (κ1) is 18.1. The number of amides is 2. The Morgan fingerprint density at radius 3 is 2.78 bits per heavy atom. The topological polar surface area (TPSA) is 84.4 Å². The van der Waals surface area contributed by atoms with Crippen molar-refractivity contribution in [1.82, 2.24) is 15.5 Å². The molecule has 0 bridgehead atoms. The van der Waals surface area contributed by atoms with Gasteiger partial charge < -0.3 is 10.1 Å². The smallest absolute Gasteiger partial charge is 0.229 e. The number of carbonyl (C=O) groups is 2. The van der Waals surface area contributed by atoms with Gasteiger partial charge in [-0.25, -0.2) is 0 Å². The molecule has 0 saturated carbocycles. The highest BCUT2D eigenvalue weighted by Gasteiger charge is 2.37. The number of hydrogen-bond donors (Lipinski definition) is 1. The van der Waals surface area contributed by atoms with E-state index in [4.69, 9.17) is 4.74 Å². The minimum Gasteiger partial charge on any atom is -0.381 e. The minimum atomic E-state index is -0.332. The van der Waals surface area contributed by atoms with Crippen LogP contribution in [0, 0.1) is 5.92 Å². The fraction of sp³-hybridized carbons (Fsp3) is 0.474. The van der Waals surface area contributed by atoms with Gasteiger partial charge in [0.15, 0.2) is 0 Å². The van der Waals surface area contributed by atoms with Gasteiger partial charge in [0.05, 0.1) is 5.92 Å². The Morgan fingerprint density at radius 2 is 2.00 bits per heavy atom. The third kappa shape index (κ3) is 4.33. The third-order valence-electron chi connectivity index (χ3n) is 4.95. The molecule has 2 aliphatic heterocycles. The normalized spacial score (nSPS) is 20.8. The fourth-order valence-electron chi connectivity index (χ4n) is 3.42. The van der Waals surface area contributed by atoms with Gasteiger partial charge in [0.2, 0.25) is 16.9 Å². The molecule has 2 aliphatic rings. The molecular formula is C19H22N4O3S. The van der Waals surface area contributed by atoms with Crippen molar-refractivity contribution < 1.29 is 14.3 Å². The molecule has 0 radical (unpaired) electrons. The highest BCUT2D eigenvalue weighted by molar-refractivity contribution is 7.15. The van der Waals surface area contributed by atoms with E-state index in [-0.39, 0.29) is 30.2 Å². The van der Waals surface area contributed by atoms with Crippen LogP contribution in [0.15, 0.2) is 30.3 Å². The van der Waals surface area contributed by atoms with E-state index in [1.54, 1.807) is 4.90 Å². The maximum atomic E-state index is 12.5. The summed E-state index contributed by atoms with van der Waals surface area (Å²) in [6, 6.07) is 10.2. The van der Waals surface area contributed by atoms with E-state index in [1.807, 2.05) is 30.3 Å². The van der Waals surface area contributed by atoms with Gasteiger partial charge in [0.25, 0.3) is 0 Å². The lowest BCUT2D eigenvalue weighted by Crippen LogP contribution is -2.42. The monoisotopic (exact) mass is 386 g/mol. The highest BCUT2D eigenvalue weighted by atomic mass is 32.1. The van der Waals surface area contributed by atoms with Gasteiger partial charge in [-0.2, -0.15) is 0 Å². The lowest BCUT2D eigenvalue weighted by molar-refractivity contribution is -0.127. The zero-order valence-electron chi connectivity index (χ0n) is 15.0. The van der Waals surface area contributed by atoms with Gasteiger partial charge in [-0.1, -0.05) is 41.7 Å². The summed E-state index contributed by atoms with van der Waals surface area (Å²) < 4.78 is 5.32. The van der Waals surface area contributed by atoms with Crippen molar-refractivity contribution in [2.75, 3.05) is 24.7 Å². The molecule has 1 N–H and O–H groups in total. The molecule has 2 fully saturated rings. The van der Waals surface area contributed by atoms with Gasteiger partial charge in [-0.3, -0.25) is 14.5 Å². The van der Waals surface area contributed by atoms with Crippen LogP contribution < -0.4 is 10.2 Å². The van der Waals surface area contributed by atoms with E-state index in [2.05, 4.69) is 15.5 Å². The first-order valence-electron chi connectivity index (χ1n) is 9.24. The molecule has 8 heteroatoms. The summed E-state index contributed by atoms with van der Waals surface area (Å²) in [7, 11) is 0. The quantitative estimate of drug-likeness (QED) is 0.847. The van der Waals surface area contributed by atoms with Crippen LogP contribution in [0.3, 0.4) is 0 Å². The maximum absolute atomic E-state index is 12.5. The van der Waals surface area contributed by atoms with Crippen molar-refractivity contribution in [3.05, 3.63) is 40.9 Å². The summed E-state index contributed by atoms with van der Waals surface area (Å²) in [5, 5.41) is 12.9. The second-order valence-corrected chi connectivity index (χ2v) is 7.98. The van der Waals surface area contributed by atoms with E-state index in [0.29, 0.717) is 31.3 Å². The third-order valence-corrected chi connectivity index (χ3v) is 5.89. The number of benzene rings is 1. The molecule has 142 valence electrons. The second-order valence-electron chi connectivity index (χ2n) is 6.94. The highest BCUT2D eigenvalue weighted by Crippen LogP contribution is 2.29. The van der Waals surface area contributed by atoms with Crippen LogP contribution in [-0.4, -0.2) is 47.8 Å². The molecule has 2 saturated heterocycles.